The summed E-state index contributed by atoms with van der Waals surface area (Å²) in [6.45, 7) is 8.74. The molecule has 0 unspecified atom stereocenters. The molecule has 9 nitrogen and oxygen atoms in total. The second-order valence-corrected chi connectivity index (χ2v) is 8.58. The predicted octanol–water partition coefficient (Wildman–Crippen LogP) is 3.61. The quantitative estimate of drug-likeness (QED) is 0.207. The van der Waals surface area contributed by atoms with Gasteiger partial charge < -0.3 is 14.0 Å². The van der Waals surface area contributed by atoms with E-state index in [0.29, 0.717) is 43.0 Å². The first-order valence-corrected chi connectivity index (χ1v) is 12.3. The summed E-state index contributed by atoms with van der Waals surface area (Å²) in [4.78, 5) is 49.2. The van der Waals surface area contributed by atoms with E-state index in [1.165, 1.54) is 10.5 Å². The van der Waals surface area contributed by atoms with E-state index in [0.717, 1.165) is 11.1 Å². The molecule has 0 fully saturated rings. The zero-order valence-electron chi connectivity index (χ0n) is 21.5. The number of ether oxygens (including phenoxy) is 2. The van der Waals surface area contributed by atoms with Crippen LogP contribution in [0.5, 0.6) is 0 Å². The van der Waals surface area contributed by atoms with Crippen LogP contribution in [0.2, 0.25) is 0 Å². The number of carbonyl (C=O) groups is 2. The highest BCUT2D eigenvalue weighted by Gasteiger charge is 2.21. The molecule has 9 heteroatoms. The summed E-state index contributed by atoms with van der Waals surface area (Å²) >= 11 is 0. The molecule has 4 aromatic rings. The molecular weight excluding hydrogens is 472 g/mol. The molecule has 0 spiro atoms. The van der Waals surface area contributed by atoms with Gasteiger partial charge in [0.15, 0.2) is 5.49 Å². The average molecular weight is 503 g/mol. The Morgan fingerprint density at radius 3 is 2.46 bits per heavy atom. The van der Waals surface area contributed by atoms with Crippen LogP contribution in [-0.2, 0) is 16.0 Å². The van der Waals surface area contributed by atoms with Gasteiger partial charge in [-0.1, -0.05) is 24.3 Å². The Morgan fingerprint density at radius 2 is 1.73 bits per heavy atom. The molecule has 3 aromatic heterocycles. The summed E-state index contributed by atoms with van der Waals surface area (Å²) in [6.07, 6.45) is 2.19. The largest absolute Gasteiger partial charge is 0.462 e. The fraction of sp³-hybridized carbons (Fsp3) is 0.321. The Hall–Kier alpha value is -4.11. The van der Waals surface area contributed by atoms with Gasteiger partial charge in [-0.2, -0.15) is 4.99 Å². The lowest BCUT2D eigenvalue weighted by atomic mass is 10.1. The Kier molecular flexibility index (Phi) is 7.93. The van der Waals surface area contributed by atoms with E-state index in [1.807, 2.05) is 39.0 Å². The van der Waals surface area contributed by atoms with Crippen molar-refractivity contribution in [2.45, 2.75) is 40.7 Å². The number of rotatable bonds is 8. The standard InChI is InChI=1S/C28H30N4O5/c1-5-36-16-10-15-31-24-21(27(34)32-14-9-12-19(4)23(32)29-24)17-22(28(35)37-6-2)25(31)30-26(33)20-13-8-7-11-18(20)3/h7-9,11-14,17H,5-6,10,15-16H2,1-4H3. The SMILES string of the molecule is CCOCCCn1c(=NC(=O)c2ccccc2C)c(C(=O)OCC)cc2c(=O)n3cccc(C)c3nc21. The minimum Gasteiger partial charge on any atom is -0.462 e. The number of carbonyl (C=O) groups excluding carboxylic acids is 2. The first kappa shape index (κ1) is 26.0. The van der Waals surface area contributed by atoms with Crippen molar-refractivity contribution in [3.05, 3.63) is 86.8 Å². The molecule has 0 saturated heterocycles. The molecule has 0 aliphatic carbocycles. The molecule has 0 radical (unpaired) electrons. The molecule has 0 aliphatic rings. The van der Waals surface area contributed by atoms with Gasteiger partial charge in [0.2, 0.25) is 0 Å². The number of pyridine rings is 2. The molecule has 3 heterocycles. The molecule has 0 bridgehead atoms. The number of aryl methyl sites for hydroxylation is 3. The Labute approximate surface area is 214 Å². The van der Waals surface area contributed by atoms with Gasteiger partial charge in [0, 0.05) is 31.5 Å². The third-order valence-electron chi connectivity index (χ3n) is 6.06. The number of aromatic nitrogens is 3. The van der Waals surface area contributed by atoms with Crippen molar-refractivity contribution in [3.8, 4) is 0 Å². The molecule has 192 valence electrons. The van der Waals surface area contributed by atoms with Crippen molar-refractivity contribution in [1.29, 1.82) is 0 Å². The number of hydrogen-bond acceptors (Lipinski definition) is 6. The van der Waals surface area contributed by atoms with Gasteiger partial charge in [0.05, 0.1) is 12.0 Å². The molecule has 0 aliphatic heterocycles. The van der Waals surface area contributed by atoms with E-state index in [9.17, 15) is 14.4 Å². The first-order chi connectivity index (χ1) is 17.9. The minimum atomic E-state index is -0.673. The van der Waals surface area contributed by atoms with E-state index < -0.39 is 11.9 Å². The number of esters is 1. The summed E-state index contributed by atoms with van der Waals surface area (Å²) < 4.78 is 13.9. The smallest absolute Gasteiger partial charge is 0.341 e. The highest BCUT2D eigenvalue weighted by atomic mass is 16.5. The van der Waals surface area contributed by atoms with Crippen LogP contribution in [0, 0.1) is 13.8 Å². The lowest BCUT2D eigenvalue weighted by molar-refractivity contribution is 0.0523. The molecule has 4 rings (SSSR count). The van der Waals surface area contributed by atoms with Gasteiger partial charge in [0.1, 0.15) is 16.9 Å². The summed E-state index contributed by atoms with van der Waals surface area (Å²) in [5.74, 6) is -1.18. The molecule has 0 saturated carbocycles. The van der Waals surface area contributed by atoms with E-state index in [1.54, 1.807) is 35.9 Å². The zero-order valence-corrected chi connectivity index (χ0v) is 21.5. The van der Waals surface area contributed by atoms with Gasteiger partial charge in [-0.25, -0.2) is 9.78 Å². The lowest BCUT2D eigenvalue weighted by Crippen LogP contribution is -2.33. The maximum absolute atomic E-state index is 13.5. The maximum atomic E-state index is 13.5. The summed E-state index contributed by atoms with van der Waals surface area (Å²) in [6, 6.07) is 12.2. The fourth-order valence-corrected chi connectivity index (χ4v) is 4.22. The second-order valence-electron chi connectivity index (χ2n) is 8.58. The molecule has 1 amide bonds. The van der Waals surface area contributed by atoms with Crippen LogP contribution in [0.4, 0.5) is 0 Å². The number of amides is 1. The maximum Gasteiger partial charge on any atom is 0.341 e. The minimum absolute atomic E-state index is 0.0270. The second kappa shape index (κ2) is 11.3. The van der Waals surface area contributed by atoms with Crippen LogP contribution in [0.15, 0.2) is 58.4 Å². The molecule has 0 atom stereocenters. The van der Waals surface area contributed by atoms with E-state index in [2.05, 4.69) is 4.99 Å². The van der Waals surface area contributed by atoms with Crippen molar-refractivity contribution in [2.24, 2.45) is 4.99 Å². The monoisotopic (exact) mass is 502 g/mol. The molecular formula is C28H30N4O5. The van der Waals surface area contributed by atoms with E-state index in [-0.39, 0.29) is 28.6 Å². The van der Waals surface area contributed by atoms with Crippen LogP contribution >= 0.6 is 0 Å². The van der Waals surface area contributed by atoms with Crippen molar-refractivity contribution in [1.82, 2.24) is 14.0 Å². The third kappa shape index (κ3) is 5.22. The van der Waals surface area contributed by atoms with Crippen LogP contribution in [0.1, 0.15) is 52.1 Å². The normalized spacial score (nSPS) is 11.8. The number of fused-ring (bicyclic) bond motifs is 2. The van der Waals surface area contributed by atoms with Crippen molar-refractivity contribution < 1.29 is 19.1 Å². The number of nitrogens with zero attached hydrogens (tertiary/aromatic N) is 4. The average Bonchev–Trinajstić information content (AvgIpc) is 2.88. The van der Waals surface area contributed by atoms with Crippen molar-refractivity contribution in [2.75, 3.05) is 19.8 Å². The fourth-order valence-electron chi connectivity index (χ4n) is 4.22. The van der Waals surface area contributed by atoms with Crippen molar-refractivity contribution in [3.63, 3.8) is 0 Å². The Balaban J connectivity index is 2.10. The summed E-state index contributed by atoms with van der Waals surface area (Å²) in [5.41, 5.74) is 2.60. The lowest BCUT2D eigenvalue weighted by Gasteiger charge is -2.16. The van der Waals surface area contributed by atoms with E-state index in [4.69, 9.17) is 14.5 Å². The Bertz CT molecular complexity index is 1620. The Morgan fingerprint density at radius 1 is 0.973 bits per heavy atom. The van der Waals surface area contributed by atoms with Gasteiger partial charge in [-0.3, -0.25) is 14.0 Å². The highest BCUT2D eigenvalue weighted by molar-refractivity contribution is 5.98. The predicted molar refractivity (Wildman–Crippen MR) is 140 cm³/mol. The number of benzene rings is 1. The van der Waals surface area contributed by atoms with Crippen LogP contribution in [-0.4, -0.2) is 45.6 Å². The van der Waals surface area contributed by atoms with Gasteiger partial charge in [0.25, 0.3) is 11.5 Å². The van der Waals surface area contributed by atoms with E-state index >= 15 is 0 Å². The highest BCUT2D eigenvalue weighted by Crippen LogP contribution is 2.15. The van der Waals surface area contributed by atoms with Gasteiger partial charge in [-0.05, 0) is 63.4 Å². The van der Waals surface area contributed by atoms with Crippen LogP contribution < -0.4 is 11.0 Å². The summed E-state index contributed by atoms with van der Waals surface area (Å²) in [7, 11) is 0. The third-order valence-corrected chi connectivity index (χ3v) is 6.06. The summed E-state index contributed by atoms with van der Waals surface area (Å²) in [5, 5.41) is 0.227. The van der Waals surface area contributed by atoms with Gasteiger partial charge in [-0.15, -0.1) is 0 Å². The molecule has 1 aromatic carbocycles. The van der Waals surface area contributed by atoms with Crippen molar-refractivity contribution >= 4 is 28.6 Å². The topological polar surface area (TPSA) is 104 Å². The van der Waals surface area contributed by atoms with Crippen LogP contribution in [0.3, 0.4) is 0 Å². The molecule has 37 heavy (non-hydrogen) atoms. The number of hydrogen-bond donors (Lipinski definition) is 0. The van der Waals surface area contributed by atoms with Crippen LogP contribution in [0.25, 0.3) is 16.7 Å². The zero-order chi connectivity index (χ0) is 26.5. The molecule has 0 N–H and O–H groups in total. The first-order valence-electron chi connectivity index (χ1n) is 12.3. The van der Waals surface area contributed by atoms with Gasteiger partial charge >= 0.3 is 5.97 Å².